The summed E-state index contributed by atoms with van der Waals surface area (Å²) in [6.07, 6.45) is 1.56. The maximum Gasteiger partial charge on any atom is 0.256 e. The van der Waals surface area contributed by atoms with E-state index in [1.807, 2.05) is 7.05 Å². The Balaban J connectivity index is 2.83. The Hall–Kier alpha value is -0.650. The molecule has 0 aromatic carbocycles. The fourth-order valence-corrected chi connectivity index (χ4v) is 1.67. The van der Waals surface area contributed by atoms with E-state index < -0.39 is 0 Å². The molecule has 0 unspecified atom stereocenters. The molecule has 4 nitrogen and oxygen atoms in total. The molecule has 0 saturated carbocycles. The summed E-state index contributed by atoms with van der Waals surface area (Å²) >= 11 is 9.14. The quantitative estimate of drug-likeness (QED) is 0.863. The molecule has 1 aromatic heterocycles. The second-order valence-corrected chi connectivity index (χ2v) is 4.60. The van der Waals surface area contributed by atoms with Gasteiger partial charge in [-0.1, -0.05) is 11.6 Å². The fourth-order valence-electron chi connectivity index (χ4n) is 1.16. The first-order valence-electron chi connectivity index (χ1n) is 4.77. The van der Waals surface area contributed by atoms with Gasteiger partial charge in [0.15, 0.2) is 0 Å². The van der Waals surface area contributed by atoms with Crippen LogP contribution in [0.15, 0.2) is 16.7 Å². The number of amides is 1. The molecule has 0 bridgehead atoms. The first kappa shape index (κ1) is 13.4. The van der Waals surface area contributed by atoms with Crippen molar-refractivity contribution in [3.8, 4) is 0 Å². The van der Waals surface area contributed by atoms with Crippen molar-refractivity contribution in [2.45, 2.75) is 0 Å². The molecular weight excluding hydrogens is 293 g/mol. The lowest BCUT2D eigenvalue weighted by Crippen LogP contribution is -2.33. The number of carbonyl (C=O) groups excluding carboxylic acids is 1. The minimum Gasteiger partial charge on any atom is -0.340 e. The number of nitrogens with one attached hydrogen (secondary N) is 1. The second-order valence-electron chi connectivity index (χ2n) is 3.32. The number of halogens is 2. The molecule has 0 fully saturated rings. The van der Waals surface area contributed by atoms with Gasteiger partial charge in [0.05, 0.1) is 5.56 Å². The number of carbonyl (C=O) groups is 1. The van der Waals surface area contributed by atoms with Crippen LogP contribution >= 0.6 is 27.5 Å². The van der Waals surface area contributed by atoms with Crippen LogP contribution in [0, 0.1) is 0 Å². The highest BCUT2D eigenvalue weighted by molar-refractivity contribution is 9.10. The molecule has 0 atom stereocenters. The number of likely N-dealkylation sites (N-methyl/N-ethyl adjacent to an activating group) is 2. The van der Waals surface area contributed by atoms with Crippen LogP contribution in [0.2, 0.25) is 5.15 Å². The maximum absolute atomic E-state index is 12.0. The lowest BCUT2D eigenvalue weighted by atomic mass is 10.2. The predicted molar refractivity (Wildman–Crippen MR) is 67.8 cm³/mol. The summed E-state index contributed by atoms with van der Waals surface area (Å²) in [7, 11) is 3.57. The zero-order valence-corrected chi connectivity index (χ0v) is 11.5. The van der Waals surface area contributed by atoms with Gasteiger partial charge in [0.25, 0.3) is 5.91 Å². The van der Waals surface area contributed by atoms with E-state index in [2.05, 4.69) is 26.2 Å². The lowest BCUT2D eigenvalue weighted by molar-refractivity contribution is 0.0796. The monoisotopic (exact) mass is 305 g/mol. The highest BCUT2D eigenvalue weighted by Crippen LogP contribution is 2.19. The van der Waals surface area contributed by atoms with Gasteiger partial charge >= 0.3 is 0 Å². The Kier molecular flexibility index (Phi) is 5.18. The van der Waals surface area contributed by atoms with Crippen molar-refractivity contribution in [1.29, 1.82) is 0 Å². The van der Waals surface area contributed by atoms with Gasteiger partial charge in [-0.2, -0.15) is 0 Å². The van der Waals surface area contributed by atoms with Crippen LogP contribution in [0.5, 0.6) is 0 Å². The SMILES string of the molecule is CNCCN(C)C(=O)c1cc(Br)cnc1Cl. The molecule has 16 heavy (non-hydrogen) atoms. The van der Waals surface area contributed by atoms with E-state index in [4.69, 9.17) is 11.6 Å². The third kappa shape index (κ3) is 3.43. The number of rotatable bonds is 4. The van der Waals surface area contributed by atoms with Gasteiger partial charge < -0.3 is 10.2 Å². The van der Waals surface area contributed by atoms with Gasteiger partial charge in [-0.25, -0.2) is 4.98 Å². The number of hydrogen-bond acceptors (Lipinski definition) is 3. The van der Waals surface area contributed by atoms with Crippen LogP contribution in [-0.2, 0) is 0 Å². The minimum absolute atomic E-state index is 0.131. The van der Waals surface area contributed by atoms with Gasteiger partial charge in [0.2, 0.25) is 0 Å². The number of nitrogens with zero attached hydrogens (tertiary/aromatic N) is 2. The van der Waals surface area contributed by atoms with E-state index in [1.165, 1.54) is 0 Å². The van der Waals surface area contributed by atoms with Gasteiger partial charge in [0, 0.05) is 30.8 Å². The Bertz CT molecular complexity index is 386. The lowest BCUT2D eigenvalue weighted by Gasteiger charge is -2.17. The zero-order valence-electron chi connectivity index (χ0n) is 9.13. The third-order valence-corrected chi connectivity index (χ3v) is 2.81. The Morgan fingerprint density at radius 3 is 3.00 bits per heavy atom. The number of hydrogen-bond donors (Lipinski definition) is 1. The molecule has 0 aliphatic carbocycles. The minimum atomic E-state index is -0.131. The van der Waals surface area contributed by atoms with Gasteiger partial charge in [-0.3, -0.25) is 4.79 Å². The van der Waals surface area contributed by atoms with Crippen molar-refractivity contribution in [3.05, 3.63) is 27.5 Å². The molecule has 1 aromatic rings. The summed E-state index contributed by atoms with van der Waals surface area (Å²) in [6.45, 7) is 1.36. The Morgan fingerprint density at radius 2 is 2.38 bits per heavy atom. The first-order chi connectivity index (χ1) is 7.56. The van der Waals surface area contributed by atoms with Crippen molar-refractivity contribution in [2.24, 2.45) is 0 Å². The summed E-state index contributed by atoms with van der Waals surface area (Å²) in [4.78, 5) is 17.5. The Morgan fingerprint density at radius 1 is 1.69 bits per heavy atom. The number of pyridine rings is 1. The molecule has 0 saturated heterocycles. The van der Waals surface area contributed by atoms with Crippen LogP contribution in [-0.4, -0.2) is 43.0 Å². The van der Waals surface area contributed by atoms with Crippen LogP contribution in [0.25, 0.3) is 0 Å². The van der Waals surface area contributed by atoms with Crippen molar-refractivity contribution < 1.29 is 4.79 Å². The van der Waals surface area contributed by atoms with Crippen molar-refractivity contribution >= 4 is 33.4 Å². The van der Waals surface area contributed by atoms with Gasteiger partial charge in [-0.15, -0.1) is 0 Å². The predicted octanol–water partition coefficient (Wildman–Crippen LogP) is 1.79. The Labute approximate surface area is 108 Å². The normalized spacial score (nSPS) is 10.2. The van der Waals surface area contributed by atoms with E-state index >= 15 is 0 Å². The summed E-state index contributed by atoms with van der Waals surface area (Å²) in [6, 6.07) is 1.67. The molecule has 0 aliphatic rings. The van der Waals surface area contributed by atoms with Crippen LogP contribution in [0.4, 0.5) is 0 Å². The van der Waals surface area contributed by atoms with Crippen molar-refractivity contribution in [1.82, 2.24) is 15.2 Å². The zero-order chi connectivity index (χ0) is 12.1. The van der Waals surface area contributed by atoms with Crippen molar-refractivity contribution in [3.63, 3.8) is 0 Å². The molecule has 1 rings (SSSR count). The van der Waals surface area contributed by atoms with Gasteiger partial charge in [-0.05, 0) is 29.0 Å². The topological polar surface area (TPSA) is 45.2 Å². The average Bonchev–Trinajstić information content (AvgIpc) is 2.28. The molecule has 0 aliphatic heterocycles. The van der Waals surface area contributed by atoms with E-state index in [0.29, 0.717) is 12.1 Å². The third-order valence-electron chi connectivity index (χ3n) is 2.08. The van der Waals surface area contributed by atoms with Crippen LogP contribution in [0.1, 0.15) is 10.4 Å². The summed E-state index contributed by atoms with van der Waals surface area (Å²) in [5.74, 6) is -0.131. The molecular formula is C10H13BrClN3O. The van der Waals surface area contributed by atoms with Gasteiger partial charge in [0.1, 0.15) is 5.15 Å². The fraction of sp³-hybridized carbons (Fsp3) is 0.400. The smallest absolute Gasteiger partial charge is 0.256 e. The molecule has 1 heterocycles. The maximum atomic E-state index is 12.0. The summed E-state index contributed by atoms with van der Waals surface area (Å²) < 4.78 is 0.738. The standard InChI is InChI=1S/C10H13BrClN3O/c1-13-3-4-15(2)10(16)8-5-7(11)6-14-9(8)12/h5-6,13H,3-4H2,1-2H3. The largest absolute Gasteiger partial charge is 0.340 e. The highest BCUT2D eigenvalue weighted by atomic mass is 79.9. The van der Waals surface area contributed by atoms with E-state index in [9.17, 15) is 4.79 Å². The van der Waals surface area contributed by atoms with E-state index in [1.54, 1.807) is 24.2 Å². The summed E-state index contributed by atoms with van der Waals surface area (Å²) in [5, 5.41) is 3.21. The molecule has 6 heteroatoms. The first-order valence-corrected chi connectivity index (χ1v) is 5.94. The second kappa shape index (κ2) is 6.18. The van der Waals surface area contributed by atoms with Crippen LogP contribution < -0.4 is 5.32 Å². The molecule has 1 amide bonds. The van der Waals surface area contributed by atoms with Crippen molar-refractivity contribution in [2.75, 3.05) is 27.2 Å². The van der Waals surface area contributed by atoms with E-state index in [-0.39, 0.29) is 11.1 Å². The highest BCUT2D eigenvalue weighted by Gasteiger charge is 2.15. The summed E-state index contributed by atoms with van der Waals surface area (Å²) in [5.41, 5.74) is 0.412. The molecule has 0 radical (unpaired) electrons. The molecule has 0 spiro atoms. The van der Waals surface area contributed by atoms with Crippen LogP contribution in [0.3, 0.4) is 0 Å². The molecule has 1 N–H and O–H groups in total. The van der Waals surface area contributed by atoms with E-state index in [0.717, 1.165) is 11.0 Å². The number of aromatic nitrogens is 1. The average molecular weight is 307 g/mol. The molecule has 88 valence electrons.